The highest BCUT2D eigenvalue weighted by molar-refractivity contribution is 7.20. The van der Waals surface area contributed by atoms with Crippen LogP contribution in [0.25, 0.3) is 0 Å². The van der Waals surface area contributed by atoms with Gasteiger partial charge < -0.3 is 4.74 Å². The second-order valence-electron chi connectivity index (χ2n) is 8.78. The molecule has 0 fully saturated rings. The summed E-state index contributed by atoms with van der Waals surface area (Å²) in [4.78, 5) is 0. The Kier molecular flexibility index (Phi) is 5.61. The minimum Gasteiger partial charge on any atom is -0.435 e. The van der Waals surface area contributed by atoms with Gasteiger partial charge in [-0.3, -0.25) is 0 Å². The molecule has 35 heavy (non-hydrogen) atoms. The van der Waals surface area contributed by atoms with Gasteiger partial charge in [0.2, 0.25) is 5.69 Å². The molecule has 0 radical (unpaired) electrons. The second-order valence-corrected chi connectivity index (χ2v) is 12.6. The number of hydrogen-bond acceptors (Lipinski definition) is 1. The topological polar surface area (TPSA) is 12.2 Å². The van der Waals surface area contributed by atoms with Crippen LogP contribution in [0.1, 0.15) is 5.56 Å². The Morgan fingerprint density at radius 1 is 0.514 bits per heavy atom. The smallest absolute Gasteiger partial charge is 0.292 e. The molecule has 0 atom stereocenters. The molecule has 0 aromatic heterocycles. The first kappa shape index (κ1) is 21.3. The van der Waals surface area contributed by atoms with Gasteiger partial charge in [0, 0.05) is 12.1 Å². The average Bonchev–Trinajstić information content (AvgIpc) is 2.95. The molecule has 0 amide bonds. The second kappa shape index (κ2) is 9.20. The minimum absolute atomic E-state index is 0.483. The third kappa shape index (κ3) is 3.71. The molecule has 0 unspecified atom stereocenters. The van der Waals surface area contributed by atoms with Crippen molar-refractivity contribution in [3.8, 4) is 5.75 Å². The van der Waals surface area contributed by atoms with Crippen molar-refractivity contribution in [3.63, 3.8) is 0 Å². The summed E-state index contributed by atoms with van der Waals surface area (Å²) >= 11 is 0. The van der Waals surface area contributed by atoms with E-state index in [0.717, 1.165) is 17.0 Å². The molecule has 1 heterocycles. The Morgan fingerprint density at radius 3 is 1.51 bits per heavy atom. The molecule has 2 nitrogen and oxygen atoms in total. The molecule has 0 N–H and O–H groups in total. The fraction of sp³-hybridized carbons (Fsp3) is 0.0312. The van der Waals surface area contributed by atoms with E-state index in [2.05, 4.69) is 144 Å². The number of ether oxygens (including phenoxy) is 1. The Morgan fingerprint density at radius 2 is 1.00 bits per heavy atom. The van der Waals surface area contributed by atoms with Crippen LogP contribution in [0, 0.1) is 0 Å². The Labute approximate surface area is 207 Å². The van der Waals surface area contributed by atoms with Crippen LogP contribution in [0.4, 0.5) is 5.69 Å². The van der Waals surface area contributed by atoms with Gasteiger partial charge >= 0.3 is 0 Å². The van der Waals surface area contributed by atoms with Crippen LogP contribution in [0.15, 0.2) is 140 Å². The number of fused-ring (bicyclic) bond motifs is 1. The number of rotatable bonds is 5. The van der Waals surface area contributed by atoms with Crippen molar-refractivity contribution in [2.24, 2.45) is 0 Å². The number of nitrogens with zero attached hydrogens (tertiary/aromatic N) is 1. The van der Waals surface area contributed by atoms with Gasteiger partial charge in [-0.2, -0.15) is 4.58 Å². The van der Waals surface area contributed by atoms with Gasteiger partial charge in [-0.25, -0.2) is 0 Å². The van der Waals surface area contributed by atoms with Crippen molar-refractivity contribution < 1.29 is 9.31 Å². The summed E-state index contributed by atoms with van der Waals surface area (Å²) in [7, 11) is -2.64. The van der Waals surface area contributed by atoms with Gasteiger partial charge in [0.1, 0.15) is 5.75 Å². The molecule has 0 bridgehead atoms. The molecule has 1 aliphatic rings. The van der Waals surface area contributed by atoms with Crippen LogP contribution in [-0.2, 0) is 0 Å². The summed E-state index contributed by atoms with van der Waals surface area (Å²) < 4.78 is 8.79. The van der Waals surface area contributed by atoms with Crippen molar-refractivity contribution in [3.05, 3.63) is 145 Å². The molecule has 0 saturated heterocycles. The molecule has 168 valence electrons. The summed E-state index contributed by atoms with van der Waals surface area (Å²) in [6, 6.07) is 50.0. The predicted octanol–water partition coefficient (Wildman–Crippen LogP) is 4.18. The molecular weight excluding hydrogens is 442 g/mol. The molecule has 5 aromatic carbocycles. The first-order valence-corrected chi connectivity index (χ1v) is 14.0. The van der Waals surface area contributed by atoms with Crippen LogP contribution in [0.2, 0.25) is 0 Å². The molecule has 3 heteroatoms. The molecule has 0 aliphatic carbocycles. The number of para-hydroxylation sites is 2. The molecule has 0 spiro atoms. The zero-order chi connectivity index (χ0) is 23.5. The summed E-state index contributed by atoms with van der Waals surface area (Å²) in [6.07, 6.45) is 2.22. The van der Waals surface area contributed by atoms with Gasteiger partial charge in [0.15, 0.2) is 14.3 Å². The van der Waals surface area contributed by atoms with Crippen LogP contribution in [0.5, 0.6) is 5.75 Å². The zero-order valence-corrected chi connectivity index (χ0v) is 20.4. The molecule has 5 aromatic rings. The average molecular weight is 469 g/mol. The lowest BCUT2D eigenvalue weighted by molar-refractivity contribution is -0.476. The third-order valence-corrected chi connectivity index (χ3v) is 11.6. The van der Waals surface area contributed by atoms with E-state index in [1.165, 1.54) is 20.7 Å². The van der Waals surface area contributed by atoms with Crippen molar-refractivity contribution in [2.45, 2.75) is 0 Å². The maximum atomic E-state index is 6.62. The molecular formula is C32H26NOSi+. The summed E-state index contributed by atoms with van der Waals surface area (Å²) in [5.74, 6) is 0.989. The SMILES string of the molecule is C1=[N+](c2ccccc2)COc2c1cccc2[Si](c1ccccc1)(c1ccccc1)c1ccccc1. The van der Waals surface area contributed by atoms with Crippen molar-refractivity contribution in [2.75, 3.05) is 6.73 Å². The lowest BCUT2D eigenvalue weighted by atomic mass is 10.2. The van der Waals surface area contributed by atoms with E-state index in [9.17, 15) is 0 Å². The van der Waals surface area contributed by atoms with E-state index in [1.807, 2.05) is 6.07 Å². The van der Waals surface area contributed by atoms with E-state index in [-0.39, 0.29) is 0 Å². The van der Waals surface area contributed by atoms with E-state index < -0.39 is 8.07 Å². The van der Waals surface area contributed by atoms with Crippen molar-refractivity contribution in [1.29, 1.82) is 0 Å². The molecule has 0 saturated carbocycles. The Balaban J connectivity index is 1.66. The van der Waals surface area contributed by atoms with Crippen LogP contribution in [-0.4, -0.2) is 25.6 Å². The van der Waals surface area contributed by atoms with Crippen LogP contribution in [0.3, 0.4) is 0 Å². The van der Waals surface area contributed by atoms with E-state index >= 15 is 0 Å². The van der Waals surface area contributed by atoms with Crippen molar-refractivity contribution in [1.82, 2.24) is 0 Å². The predicted molar refractivity (Wildman–Crippen MR) is 147 cm³/mol. The maximum absolute atomic E-state index is 6.62. The fourth-order valence-corrected chi connectivity index (χ4v) is 10.2. The number of benzene rings is 5. The van der Waals surface area contributed by atoms with Gasteiger partial charge in [0.05, 0.1) is 5.56 Å². The lowest BCUT2D eigenvalue weighted by Gasteiger charge is -2.36. The van der Waals surface area contributed by atoms with Gasteiger partial charge in [0.25, 0.3) is 6.73 Å². The van der Waals surface area contributed by atoms with E-state index in [4.69, 9.17) is 4.74 Å². The van der Waals surface area contributed by atoms with Gasteiger partial charge in [-0.1, -0.05) is 121 Å². The van der Waals surface area contributed by atoms with Crippen molar-refractivity contribution >= 4 is 40.7 Å². The quantitative estimate of drug-likeness (QED) is 0.214. The summed E-state index contributed by atoms with van der Waals surface area (Å²) in [6.45, 7) is 0.483. The largest absolute Gasteiger partial charge is 0.435 e. The molecule has 6 rings (SSSR count). The maximum Gasteiger partial charge on any atom is 0.292 e. The van der Waals surface area contributed by atoms with E-state index in [0.29, 0.717) is 6.73 Å². The first-order chi connectivity index (χ1) is 17.4. The normalized spacial score (nSPS) is 12.9. The summed E-state index contributed by atoms with van der Waals surface area (Å²) in [5.41, 5.74) is 2.23. The first-order valence-electron chi connectivity index (χ1n) is 12.0. The standard InChI is InChI=1S/C32H26NOSi/c1-5-15-27(16-6-1)33-24-26-14-13-23-31(32(26)34-25-33)35(28-17-7-2-8-18-28,29-19-9-3-10-20-29)30-21-11-4-12-22-30/h1-24H,25H2/q+1. The third-order valence-electron chi connectivity index (χ3n) is 6.80. The van der Waals surface area contributed by atoms with Gasteiger partial charge in [-0.15, -0.1) is 0 Å². The Bertz CT molecular complexity index is 1370. The van der Waals surface area contributed by atoms with Gasteiger partial charge in [-0.05, 0) is 26.8 Å². The highest BCUT2D eigenvalue weighted by atomic mass is 28.3. The van der Waals surface area contributed by atoms with Crippen LogP contribution >= 0.6 is 0 Å². The highest BCUT2D eigenvalue weighted by Crippen LogP contribution is 2.24. The lowest BCUT2D eigenvalue weighted by Crippen LogP contribution is -2.75. The molecule has 1 aliphatic heterocycles. The highest BCUT2D eigenvalue weighted by Gasteiger charge is 2.44. The number of hydrogen-bond donors (Lipinski definition) is 0. The minimum atomic E-state index is -2.64. The monoisotopic (exact) mass is 468 g/mol. The van der Waals surface area contributed by atoms with Crippen LogP contribution < -0.4 is 25.5 Å². The fourth-order valence-electron chi connectivity index (χ4n) is 5.25. The zero-order valence-electron chi connectivity index (χ0n) is 19.4. The summed E-state index contributed by atoms with van der Waals surface area (Å²) in [5, 5.41) is 5.32. The van der Waals surface area contributed by atoms with E-state index in [1.54, 1.807) is 0 Å². The Hall–Kier alpha value is -4.21.